The maximum Gasteiger partial charge on any atom is 0.267 e. The number of anilines is 4. The van der Waals surface area contributed by atoms with Gasteiger partial charge in [0.1, 0.15) is 23.2 Å². The van der Waals surface area contributed by atoms with E-state index in [0.29, 0.717) is 41.3 Å². The predicted molar refractivity (Wildman–Crippen MR) is 134 cm³/mol. The van der Waals surface area contributed by atoms with Crippen LogP contribution >= 0.6 is 11.6 Å². The number of ether oxygens (including phenoxy) is 2. The van der Waals surface area contributed by atoms with Crippen LogP contribution < -0.4 is 20.3 Å². The number of morpholine rings is 1. The van der Waals surface area contributed by atoms with Gasteiger partial charge < -0.3 is 25.0 Å². The minimum absolute atomic E-state index is 0.260. The molecule has 0 radical (unpaired) electrons. The van der Waals surface area contributed by atoms with E-state index in [1.807, 2.05) is 37.3 Å². The number of benzene rings is 2. The average Bonchev–Trinajstić information content (AvgIpc) is 2.82. The molecule has 0 bridgehead atoms. The number of carbonyl (C=O) groups is 1. The average molecular weight is 482 g/mol. The van der Waals surface area contributed by atoms with E-state index in [1.54, 1.807) is 38.1 Å². The lowest BCUT2D eigenvalue weighted by Gasteiger charge is -2.28. The van der Waals surface area contributed by atoms with Crippen molar-refractivity contribution in [3.63, 3.8) is 0 Å². The molecular weight excluding hydrogens is 454 g/mol. The number of carbonyl (C=O) groups excluding carboxylic acids is 1. The summed E-state index contributed by atoms with van der Waals surface area (Å²) in [4.78, 5) is 24.0. The molecule has 1 fully saturated rings. The minimum atomic E-state index is -1.07. The van der Waals surface area contributed by atoms with Crippen LogP contribution in [0.2, 0.25) is 5.02 Å². The third-order valence-electron chi connectivity index (χ3n) is 5.31. The van der Waals surface area contributed by atoms with E-state index in [4.69, 9.17) is 21.1 Å². The molecule has 1 amide bonds. The Bertz CT molecular complexity index is 1130. The van der Waals surface area contributed by atoms with Crippen molar-refractivity contribution in [1.29, 1.82) is 0 Å². The third kappa shape index (κ3) is 6.15. The second-order valence-corrected chi connectivity index (χ2v) is 8.92. The lowest BCUT2D eigenvalue weighted by atomic mass is 10.1. The molecule has 1 aliphatic heterocycles. The fourth-order valence-electron chi connectivity index (χ4n) is 3.48. The fourth-order valence-corrected chi connectivity index (χ4v) is 3.61. The van der Waals surface area contributed by atoms with Crippen LogP contribution in [0.4, 0.5) is 23.0 Å². The van der Waals surface area contributed by atoms with Gasteiger partial charge in [0.05, 0.1) is 13.2 Å². The number of amides is 1. The second kappa shape index (κ2) is 10.3. The fraction of sp³-hybridized carbons (Fsp3) is 0.320. The van der Waals surface area contributed by atoms with E-state index in [1.165, 1.54) is 0 Å². The zero-order valence-electron chi connectivity index (χ0n) is 19.5. The Hall–Kier alpha value is -3.36. The molecule has 0 aliphatic carbocycles. The molecule has 0 saturated carbocycles. The Morgan fingerprint density at radius 2 is 1.68 bits per heavy atom. The standard InChI is InChI=1S/C25H28ClN5O3/c1-17-27-22(16-23(28-17)31-12-14-33-15-13-31)29-19-6-8-20(9-7-19)30-24(32)25(2,3)34-21-10-4-18(26)5-11-21/h4-11,16H,12-15H2,1-3H3,(H,30,32)(H,27,28,29). The molecule has 1 aliphatic rings. The minimum Gasteiger partial charge on any atom is -0.478 e. The summed E-state index contributed by atoms with van der Waals surface area (Å²) in [6, 6.07) is 16.3. The van der Waals surface area contributed by atoms with Gasteiger partial charge in [0.25, 0.3) is 5.91 Å². The highest BCUT2D eigenvalue weighted by atomic mass is 35.5. The van der Waals surface area contributed by atoms with E-state index in [2.05, 4.69) is 25.5 Å². The van der Waals surface area contributed by atoms with Crippen molar-refractivity contribution in [3.8, 4) is 5.75 Å². The SMILES string of the molecule is Cc1nc(Nc2ccc(NC(=O)C(C)(C)Oc3ccc(Cl)cc3)cc2)cc(N2CCOCC2)n1. The summed E-state index contributed by atoms with van der Waals surface area (Å²) in [5.41, 5.74) is 0.441. The first kappa shape index (κ1) is 23.8. The van der Waals surface area contributed by atoms with Crippen LogP contribution in [-0.2, 0) is 9.53 Å². The quantitative estimate of drug-likeness (QED) is 0.500. The Labute approximate surface area is 204 Å². The van der Waals surface area contributed by atoms with Crippen molar-refractivity contribution in [2.24, 2.45) is 0 Å². The van der Waals surface area contributed by atoms with E-state index in [0.717, 1.165) is 24.6 Å². The number of nitrogens with zero attached hydrogens (tertiary/aromatic N) is 3. The molecule has 3 aromatic rings. The summed E-state index contributed by atoms with van der Waals surface area (Å²) in [6.45, 7) is 8.32. The van der Waals surface area contributed by atoms with Crippen LogP contribution in [0.15, 0.2) is 54.6 Å². The van der Waals surface area contributed by atoms with E-state index in [-0.39, 0.29) is 5.91 Å². The molecule has 8 nitrogen and oxygen atoms in total. The molecule has 4 rings (SSSR count). The molecule has 2 heterocycles. The largest absolute Gasteiger partial charge is 0.478 e. The first-order valence-electron chi connectivity index (χ1n) is 11.1. The Morgan fingerprint density at radius 3 is 2.35 bits per heavy atom. The van der Waals surface area contributed by atoms with Gasteiger partial charge in [-0.2, -0.15) is 0 Å². The van der Waals surface area contributed by atoms with Crippen molar-refractivity contribution in [1.82, 2.24) is 9.97 Å². The maximum atomic E-state index is 12.8. The van der Waals surface area contributed by atoms with Gasteiger partial charge >= 0.3 is 0 Å². The predicted octanol–water partition coefficient (Wildman–Crippen LogP) is 4.81. The Balaban J connectivity index is 1.38. The van der Waals surface area contributed by atoms with Gasteiger partial charge in [-0.15, -0.1) is 0 Å². The molecule has 0 spiro atoms. The zero-order chi connectivity index (χ0) is 24.1. The molecule has 34 heavy (non-hydrogen) atoms. The van der Waals surface area contributed by atoms with Crippen LogP contribution in [-0.4, -0.2) is 47.8 Å². The Kier molecular flexibility index (Phi) is 7.19. The van der Waals surface area contributed by atoms with Crippen LogP contribution in [0.5, 0.6) is 5.75 Å². The highest BCUT2D eigenvalue weighted by molar-refractivity contribution is 6.30. The lowest BCUT2D eigenvalue weighted by molar-refractivity contribution is -0.128. The summed E-state index contributed by atoms with van der Waals surface area (Å²) < 4.78 is 11.3. The van der Waals surface area contributed by atoms with Crippen LogP contribution in [0.1, 0.15) is 19.7 Å². The van der Waals surface area contributed by atoms with Gasteiger partial charge in [-0.25, -0.2) is 9.97 Å². The highest BCUT2D eigenvalue weighted by Gasteiger charge is 2.30. The van der Waals surface area contributed by atoms with Gasteiger partial charge in [0.2, 0.25) is 0 Å². The molecule has 1 saturated heterocycles. The maximum absolute atomic E-state index is 12.8. The molecule has 9 heteroatoms. The summed E-state index contributed by atoms with van der Waals surface area (Å²) in [6.07, 6.45) is 0. The molecule has 0 atom stereocenters. The summed E-state index contributed by atoms with van der Waals surface area (Å²) in [5.74, 6) is 2.59. The second-order valence-electron chi connectivity index (χ2n) is 8.48. The molecular formula is C25H28ClN5O3. The molecule has 2 aromatic carbocycles. The number of hydrogen-bond donors (Lipinski definition) is 2. The summed E-state index contributed by atoms with van der Waals surface area (Å²) in [7, 11) is 0. The van der Waals surface area contributed by atoms with Crippen LogP contribution in [0.3, 0.4) is 0 Å². The van der Waals surface area contributed by atoms with Gasteiger partial charge in [0, 0.05) is 35.6 Å². The first-order chi connectivity index (χ1) is 16.3. The molecule has 178 valence electrons. The number of hydrogen-bond acceptors (Lipinski definition) is 7. The highest BCUT2D eigenvalue weighted by Crippen LogP contribution is 2.24. The van der Waals surface area contributed by atoms with Crippen molar-refractivity contribution in [3.05, 3.63) is 65.4 Å². The number of rotatable bonds is 7. The number of nitrogens with one attached hydrogen (secondary N) is 2. The molecule has 1 aromatic heterocycles. The smallest absolute Gasteiger partial charge is 0.267 e. The van der Waals surface area contributed by atoms with E-state index < -0.39 is 5.60 Å². The summed E-state index contributed by atoms with van der Waals surface area (Å²) >= 11 is 5.91. The molecule has 0 unspecified atom stereocenters. The number of aromatic nitrogens is 2. The van der Waals surface area contributed by atoms with Crippen molar-refractivity contribution < 1.29 is 14.3 Å². The lowest BCUT2D eigenvalue weighted by Crippen LogP contribution is -2.42. The topological polar surface area (TPSA) is 88.6 Å². The normalized spacial score (nSPS) is 13.9. The number of aryl methyl sites for hydroxylation is 1. The van der Waals surface area contributed by atoms with Crippen molar-refractivity contribution >= 4 is 40.5 Å². The van der Waals surface area contributed by atoms with Crippen molar-refractivity contribution in [2.75, 3.05) is 41.8 Å². The van der Waals surface area contributed by atoms with Gasteiger partial charge in [0.15, 0.2) is 5.60 Å². The van der Waals surface area contributed by atoms with Crippen LogP contribution in [0.25, 0.3) is 0 Å². The molecule has 2 N–H and O–H groups in total. The van der Waals surface area contributed by atoms with Crippen LogP contribution in [0, 0.1) is 6.92 Å². The summed E-state index contributed by atoms with van der Waals surface area (Å²) in [5, 5.41) is 6.83. The van der Waals surface area contributed by atoms with E-state index >= 15 is 0 Å². The first-order valence-corrected chi connectivity index (χ1v) is 11.5. The van der Waals surface area contributed by atoms with Crippen molar-refractivity contribution in [2.45, 2.75) is 26.4 Å². The zero-order valence-corrected chi connectivity index (χ0v) is 20.2. The van der Waals surface area contributed by atoms with Gasteiger partial charge in [-0.05, 0) is 69.3 Å². The monoisotopic (exact) mass is 481 g/mol. The number of halogens is 1. The third-order valence-corrected chi connectivity index (χ3v) is 5.56. The Morgan fingerprint density at radius 1 is 1.03 bits per heavy atom. The van der Waals surface area contributed by atoms with E-state index in [9.17, 15) is 4.79 Å². The van der Waals surface area contributed by atoms with Gasteiger partial charge in [-0.3, -0.25) is 4.79 Å². The van der Waals surface area contributed by atoms with Gasteiger partial charge in [-0.1, -0.05) is 11.6 Å².